The van der Waals surface area contributed by atoms with Crippen LogP contribution in [0.5, 0.6) is 5.75 Å². The van der Waals surface area contributed by atoms with Crippen LogP contribution < -0.4 is 0 Å². The highest BCUT2D eigenvalue weighted by atomic mass is 16.3. The maximum atomic E-state index is 11.3. The molecule has 0 bridgehead atoms. The van der Waals surface area contributed by atoms with Gasteiger partial charge in [-0.1, -0.05) is 19.1 Å². The lowest BCUT2D eigenvalue weighted by Crippen LogP contribution is -2.01. The Bertz CT molecular complexity index is 357. The van der Waals surface area contributed by atoms with Gasteiger partial charge in [0.05, 0.1) is 0 Å². The largest absolute Gasteiger partial charge is 0.508 e. The van der Waals surface area contributed by atoms with Crippen LogP contribution in [0.2, 0.25) is 0 Å². The molecule has 2 heteroatoms. The summed E-state index contributed by atoms with van der Waals surface area (Å²) in [6, 6.07) is 7.24. The van der Waals surface area contributed by atoms with E-state index in [0.29, 0.717) is 30.5 Å². The van der Waals surface area contributed by atoms with Crippen LogP contribution in [0.25, 0.3) is 0 Å². The van der Waals surface area contributed by atoms with E-state index in [0.717, 1.165) is 5.56 Å². The summed E-state index contributed by atoms with van der Waals surface area (Å²) in [5.74, 6) is 1.33. The Morgan fingerprint density at radius 3 is 2.71 bits per heavy atom. The summed E-state index contributed by atoms with van der Waals surface area (Å²) in [4.78, 5) is 11.3. The van der Waals surface area contributed by atoms with Gasteiger partial charge in [0, 0.05) is 12.8 Å². The Morgan fingerprint density at radius 2 is 2.14 bits per heavy atom. The van der Waals surface area contributed by atoms with E-state index in [1.165, 1.54) is 0 Å². The SMILES string of the molecule is CC1CC(=O)CC1c1cccc(O)c1. The molecule has 2 rings (SSSR count). The number of ketones is 1. The van der Waals surface area contributed by atoms with Gasteiger partial charge in [-0.2, -0.15) is 0 Å². The molecule has 1 saturated carbocycles. The minimum Gasteiger partial charge on any atom is -0.508 e. The molecule has 74 valence electrons. The molecule has 1 aromatic rings. The lowest BCUT2D eigenvalue weighted by molar-refractivity contribution is -0.117. The first-order valence-corrected chi connectivity index (χ1v) is 4.97. The van der Waals surface area contributed by atoms with Crippen molar-refractivity contribution in [2.75, 3.05) is 0 Å². The van der Waals surface area contributed by atoms with Gasteiger partial charge < -0.3 is 5.11 Å². The van der Waals surface area contributed by atoms with Crippen LogP contribution in [-0.4, -0.2) is 10.9 Å². The van der Waals surface area contributed by atoms with Crippen molar-refractivity contribution in [3.63, 3.8) is 0 Å². The zero-order valence-electron chi connectivity index (χ0n) is 8.23. The number of phenolic OH excluding ortho intramolecular Hbond substituents is 1. The fourth-order valence-corrected chi connectivity index (χ4v) is 2.23. The zero-order valence-corrected chi connectivity index (χ0v) is 8.23. The highest BCUT2D eigenvalue weighted by Crippen LogP contribution is 2.37. The fraction of sp³-hybridized carbons (Fsp3) is 0.417. The average Bonchev–Trinajstić information content (AvgIpc) is 2.45. The number of rotatable bonds is 1. The maximum Gasteiger partial charge on any atom is 0.133 e. The van der Waals surface area contributed by atoms with Gasteiger partial charge in [-0.25, -0.2) is 0 Å². The van der Waals surface area contributed by atoms with Crippen molar-refractivity contribution in [3.8, 4) is 5.75 Å². The molecule has 0 spiro atoms. The first-order valence-electron chi connectivity index (χ1n) is 4.97. The highest BCUT2D eigenvalue weighted by molar-refractivity contribution is 5.82. The lowest BCUT2D eigenvalue weighted by Gasteiger charge is -2.14. The van der Waals surface area contributed by atoms with E-state index in [2.05, 4.69) is 6.92 Å². The van der Waals surface area contributed by atoms with Gasteiger partial charge in [0.1, 0.15) is 11.5 Å². The third-order valence-electron chi connectivity index (χ3n) is 2.98. The fourth-order valence-electron chi connectivity index (χ4n) is 2.23. The molecule has 1 N–H and O–H groups in total. The van der Waals surface area contributed by atoms with Gasteiger partial charge in [-0.15, -0.1) is 0 Å². The number of benzene rings is 1. The maximum absolute atomic E-state index is 11.3. The summed E-state index contributed by atoms with van der Waals surface area (Å²) in [5.41, 5.74) is 1.09. The first-order chi connectivity index (χ1) is 6.66. The smallest absolute Gasteiger partial charge is 0.133 e. The Labute approximate surface area is 83.6 Å². The summed E-state index contributed by atoms with van der Waals surface area (Å²) in [6.07, 6.45) is 1.31. The third kappa shape index (κ3) is 1.65. The summed E-state index contributed by atoms with van der Waals surface area (Å²) in [7, 11) is 0. The molecule has 14 heavy (non-hydrogen) atoms. The van der Waals surface area contributed by atoms with E-state index in [9.17, 15) is 9.90 Å². The molecule has 1 aromatic carbocycles. The highest BCUT2D eigenvalue weighted by Gasteiger charge is 2.30. The molecule has 2 unspecified atom stereocenters. The molecule has 0 aromatic heterocycles. The molecule has 1 aliphatic rings. The second kappa shape index (κ2) is 3.45. The van der Waals surface area contributed by atoms with E-state index in [1.807, 2.05) is 12.1 Å². The van der Waals surface area contributed by atoms with Crippen LogP contribution in [0.4, 0.5) is 0 Å². The van der Waals surface area contributed by atoms with Gasteiger partial charge in [-0.3, -0.25) is 4.79 Å². The molecular formula is C12H14O2. The second-order valence-electron chi connectivity index (χ2n) is 4.13. The van der Waals surface area contributed by atoms with E-state index in [4.69, 9.17) is 0 Å². The van der Waals surface area contributed by atoms with E-state index >= 15 is 0 Å². The van der Waals surface area contributed by atoms with Crippen molar-refractivity contribution < 1.29 is 9.90 Å². The molecule has 0 amide bonds. The van der Waals surface area contributed by atoms with Crippen LogP contribution in [0.3, 0.4) is 0 Å². The monoisotopic (exact) mass is 190 g/mol. The quantitative estimate of drug-likeness (QED) is 0.738. The number of carbonyl (C=O) groups excluding carboxylic acids is 1. The number of carbonyl (C=O) groups is 1. The summed E-state index contributed by atoms with van der Waals surface area (Å²) in [5, 5.41) is 9.34. The van der Waals surface area contributed by atoms with Crippen LogP contribution in [0.15, 0.2) is 24.3 Å². The van der Waals surface area contributed by atoms with Crippen molar-refractivity contribution in [1.82, 2.24) is 0 Å². The molecule has 1 aliphatic carbocycles. The molecule has 1 fully saturated rings. The second-order valence-corrected chi connectivity index (χ2v) is 4.13. The summed E-state index contributed by atoms with van der Waals surface area (Å²) < 4.78 is 0. The van der Waals surface area contributed by atoms with Crippen LogP contribution in [-0.2, 0) is 4.79 Å². The predicted octanol–water partition coefficient (Wildman–Crippen LogP) is 2.47. The third-order valence-corrected chi connectivity index (χ3v) is 2.98. The van der Waals surface area contributed by atoms with Crippen LogP contribution in [0.1, 0.15) is 31.2 Å². The Hall–Kier alpha value is -1.31. The van der Waals surface area contributed by atoms with Crippen molar-refractivity contribution in [1.29, 1.82) is 0 Å². The predicted molar refractivity (Wildman–Crippen MR) is 54.3 cm³/mol. The Morgan fingerprint density at radius 1 is 1.36 bits per heavy atom. The molecular weight excluding hydrogens is 176 g/mol. The lowest BCUT2D eigenvalue weighted by atomic mass is 9.90. The van der Waals surface area contributed by atoms with Crippen molar-refractivity contribution >= 4 is 5.78 Å². The number of phenols is 1. The van der Waals surface area contributed by atoms with Crippen LogP contribution in [0, 0.1) is 5.92 Å². The van der Waals surface area contributed by atoms with E-state index in [-0.39, 0.29) is 5.75 Å². The molecule has 0 radical (unpaired) electrons. The summed E-state index contributed by atoms with van der Waals surface area (Å²) in [6.45, 7) is 2.10. The molecule has 0 aliphatic heterocycles. The number of hydrogen-bond acceptors (Lipinski definition) is 2. The topological polar surface area (TPSA) is 37.3 Å². The standard InChI is InChI=1S/C12H14O2/c1-8-5-11(14)7-12(8)9-3-2-4-10(13)6-9/h2-4,6,8,12-13H,5,7H2,1H3. The van der Waals surface area contributed by atoms with Gasteiger partial charge in [-0.05, 0) is 29.5 Å². The minimum atomic E-state index is 0.286. The van der Waals surface area contributed by atoms with Gasteiger partial charge >= 0.3 is 0 Å². The average molecular weight is 190 g/mol. The summed E-state index contributed by atoms with van der Waals surface area (Å²) >= 11 is 0. The van der Waals surface area contributed by atoms with Crippen molar-refractivity contribution in [2.24, 2.45) is 5.92 Å². The van der Waals surface area contributed by atoms with Crippen molar-refractivity contribution in [2.45, 2.75) is 25.7 Å². The first kappa shape index (κ1) is 9.25. The number of hydrogen-bond donors (Lipinski definition) is 1. The zero-order chi connectivity index (χ0) is 10.1. The van der Waals surface area contributed by atoms with E-state index in [1.54, 1.807) is 12.1 Å². The molecule has 0 saturated heterocycles. The Balaban J connectivity index is 2.27. The van der Waals surface area contributed by atoms with Gasteiger partial charge in [0.15, 0.2) is 0 Å². The number of Topliss-reactive ketones (excluding diaryl/α,β-unsaturated/α-hetero) is 1. The normalized spacial score (nSPS) is 26.8. The number of aromatic hydroxyl groups is 1. The van der Waals surface area contributed by atoms with E-state index < -0.39 is 0 Å². The molecule has 2 nitrogen and oxygen atoms in total. The molecule has 0 heterocycles. The van der Waals surface area contributed by atoms with Crippen LogP contribution >= 0.6 is 0 Å². The van der Waals surface area contributed by atoms with Crippen molar-refractivity contribution in [3.05, 3.63) is 29.8 Å². The van der Waals surface area contributed by atoms with Gasteiger partial charge in [0.25, 0.3) is 0 Å². The van der Waals surface area contributed by atoms with Gasteiger partial charge in [0.2, 0.25) is 0 Å². The minimum absolute atomic E-state index is 0.286. The Kier molecular flexibility index (Phi) is 2.28. The molecule has 2 atom stereocenters.